The number of carbonyl (C=O) groups excluding carboxylic acids is 2. The van der Waals surface area contributed by atoms with Gasteiger partial charge in [-0.1, -0.05) is 12.8 Å². The van der Waals surface area contributed by atoms with Gasteiger partial charge in [0.25, 0.3) is 0 Å². The fraction of sp³-hybridized carbons (Fsp3) is 0.818. The number of aliphatic hydroxyl groups excluding tert-OH is 1. The van der Waals surface area contributed by atoms with Gasteiger partial charge in [-0.05, 0) is 12.8 Å². The normalized spacial score (nSPS) is 17.8. The third-order valence-electron chi connectivity index (χ3n) is 2.87. The van der Waals surface area contributed by atoms with Crippen LogP contribution in [-0.4, -0.2) is 49.3 Å². The van der Waals surface area contributed by atoms with Crippen LogP contribution >= 0.6 is 0 Å². The number of hydrogen-bond acceptors (Lipinski definition) is 5. The lowest BCUT2D eigenvalue weighted by Gasteiger charge is -2.13. The van der Waals surface area contributed by atoms with Crippen LogP contribution in [0.15, 0.2) is 0 Å². The minimum Gasteiger partial charge on any atom is -0.467 e. The number of esters is 1. The molecule has 98 valence electrons. The number of hydrogen-bond donors (Lipinski definition) is 3. The smallest absolute Gasteiger partial charge is 0.336 e. The molecule has 1 amide bonds. The SMILES string of the molecule is COC(=O)C(O)CNC(=O)CNC1CCCC1. The molecule has 1 atom stereocenters. The minimum absolute atomic E-state index is 0.113. The van der Waals surface area contributed by atoms with Crippen molar-refractivity contribution >= 4 is 11.9 Å². The number of aliphatic hydroxyl groups is 1. The van der Waals surface area contributed by atoms with Gasteiger partial charge in [-0.2, -0.15) is 0 Å². The molecule has 1 fully saturated rings. The average molecular weight is 244 g/mol. The van der Waals surface area contributed by atoms with E-state index in [-0.39, 0.29) is 19.0 Å². The predicted molar refractivity (Wildman–Crippen MR) is 61.3 cm³/mol. The highest BCUT2D eigenvalue weighted by Crippen LogP contribution is 2.17. The molecule has 0 aromatic carbocycles. The molecule has 1 aliphatic carbocycles. The summed E-state index contributed by atoms with van der Waals surface area (Å²) < 4.78 is 4.33. The molecule has 0 aromatic rings. The van der Waals surface area contributed by atoms with Crippen molar-refractivity contribution < 1.29 is 19.4 Å². The largest absolute Gasteiger partial charge is 0.467 e. The van der Waals surface area contributed by atoms with Gasteiger partial charge in [0, 0.05) is 6.04 Å². The van der Waals surface area contributed by atoms with E-state index in [2.05, 4.69) is 15.4 Å². The van der Waals surface area contributed by atoms with Crippen LogP contribution < -0.4 is 10.6 Å². The summed E-state index contributed by atoms with van der Waals surface area (Å²) >= 11 is 0. The quantitative estimate of drug-likeness (QED) is 0.531. The van der Waals surface area contributed by atoms with Crippen LogP contribution in [0.1, 0.15) is 25.7 Å². The van der Waals surface area contributed by atoms with Gasteiger partial charge in [-0.25, -0.2) is 4.79 Å². The van der Waals surface area contributed by atoms with Crippen molar-refractivity contribution in [3.8, 4) is 0 Å². The summed E-state index contributed by atoms with van der Waals surface area (Å²) in [6.45, 7) is 0.108. The monoisotopic (exact) mass is 244 g/mol. The molecule has 0 spiro atoms. The van der Waals surface area contributed by atoms with E-state index in [4.69, 9.17) is 0 Å². The number of ether oxygens (including phenoxy) is 1. The average Bonchev–Trinajstić information content (AvgIpc) is 2.85. The summed E-state index contributed by atoms with van der Waals surface area (Å²) in [6, 6.07) is 0.422. The molecule has 6 nitrogen and oxygen atoms in total. The minimum atomic E-state index is -1.30. The maximum absolute atomic E-state index is 11.4. The molecule has 1 aliphatic rings. The van der Waals surface area contributed by atoms with Gasteiger partial charge in [-0.3, -0.25) is 4.79 Å². The second kappa shape index (κ2) is 7.24. The van der Waals surface area contributed by atoms with Crippen LogP contribution in [0, 0.1) is 0 Å². The highest BCUT2D eigenvalue weighted by atomic mass is 16.5. The molecular formula is C11H20N2O4. The van der Waals surface area contributed by atoms with Gasteiger partial charge in [0.2, 0.25) is 5.91 Å². The lowest BCUT2D eigenvalue weighted by Crippen LogP contribution is -2.42. The molecule has 1 unspecified atom stereocenters. The van der Waals surface area contributed by atoms with Gasteiger partial charge in [0.1, 0.15) is 0 Å². The zero-order valence-corrected chi connectivity index (χ0v) is 10.1. The zero-order valence-electron chi connectivity index (χ0n) is 10.1. The van der Waals surface area contributed by atoms with E-state index in [1.54, 1.807) is 0 Å². The number of carbonyl (C=O) groups is 2. The Morgan fingerprint density at radius 2 is 2.06 bits per heavy atom. The third-order valence-corrected chi connectivity index (χ3v) is 2.87. The molecule has 0 saturated heterocycles. The lowest BCUT2D eigenvalue weighted by atomic mass is 10.2. The van der Waals surface area contributed by atoms with Crippen LogP contribution in [-0.2, 0) is 14.3 Å². The molecular weight excluding hydrogens is 224 g/mol. The fourth-order valence-corrected chi connectivity index (χ4v) is 1.86. The zero-order chi connectivity index (χ0) is 12.7. The summed E-state index contributed by atoms with van der Waals surface area (Å²) in [5.74, 6) is -0.964. The standard InChI is InChI=1S/C11H20N2O4/c1-17-11(16)9(14)6-13-10(15)7-12-8-4-2-3-5-8/h8-9,12,14H,2-7H2,1H3,(H,13,15). The lowest BCUT2D eigenvalue weighted by molar-refractivity contribution is -0.150. The molecule has 0 aliphatic heterocycles. The molecule has 0 bridgehead atoms. The first-order chi connectivity index (χ1) is 8.13. The highest BCUT2D eigenvalue weighted by molar-refractivity contribution is 5.80. The Bertz CT molecular complexity index is 264. The summed E-state index contributed by atoms with van der Waals surface area (Å²) in [5, 5.41) is 14.8. The molecule has 6 heteroatoms. The van der Waals surface area contributed by atoms with Gasteiger partial charge in [-0.15, -0.1) is 0 Å². The van der Waals surface area contributed by atoms with Crippen LogP contribution in [0.25, 0.3) is 0 Å². The van der Waals surface area contributed by atoms with E-state index in [1.165, 1.54) is 20.0 Å². The Kier molecular flexibility index (Phi) is 5.93. The van der Waals surface area contributed by atoms with Crippen molar-refractivity contribution in [1.82, 2.24) is 10.6 Å². The second-order valence-corrected chi connectivity index (χ2v) is 4.21. The maximum Gasteiger partial charge on any atom is 0.336 e. The van der Waals surface area contributed by atoms with Crippen LogP contribution in [0.5, 0.6) is 0 Å². The van der Waals surface area contributed by atoms with E-state index in [0.29, 0.717) is 6.04 Å². The molecule has 17 heavy (non-hydrogen) atoms. The number of methoxy groups -OCH3 is 1. The molecule has 3 N–H and O–H groups in total. The Labute approximate surface area is 101 Å². The molecule has 0 heterocycles. The van der Waals surface area contributed by atoms with Gasteiger partial charge >= 0.3 is 5.97 Å². The summed E-state index contributed by atoms with van der Waals surface area (Å²) in [7, 11) is 1.19. The third kappa shape index (κ3) is 5.14. The van der Waals surface area contributed by atoms with Crippen molar-refractivity contribution in [3.63, 3.8) is 0 Å². The highest BCUT2D eigenvalue weighted by Gasteiger charge is 2.17. The van der Waals surface area contributed by atoms with Crippen molar-refractivity contribution in [2.24, 2.45) is 0 Å². The van der Waals surface area contributed by atoms with E-state index >= 15 is 0 Å². The Balaban J connectivity index is 2.10. The first kappa shape index (κ1) is 13.9. The number of amides is 1. The first-order valence-electron chi connectivity index (χ1n) is 5.89. The van der Waals surface area contributed by atoms with Crippen molar-refractivity contribution in [3.05, 3.63) is 0 Å². The van der Waals surface area contributed by atoms with Crippen molar-refractivity contribution in [1.29, 1.82) is 0 Å². The molecule has 0 aromatic heterocycles. The summed E-state index contributed by atoms with van der Waals surface area (Å²) in [4.78, 5) is 22.2. The van der Waals surface area contributed by atoms with E-state index in [1.807, 2.05) is 0 Å². The molecule has 1 saturated carbocycles. The van der Waals surface area contributed by atoms with Gasteiger partial charge in [0.15, 0.2) is 6.10 Å². The maximum atomic E-state index is 11.4. The summed E-state index contributed by atoms with van der Waals surface area (Å²) in [5.41, 5.74) is 0. The van der Waals surface area contributed by atoms with Crippen molar-refractivity contribution in [2.75, 3.05) is 20.2 Å². The van der Waals surface area contributed by atoms with E-state index in [0.717, 1.165) is 12.8 Å². The van der Waals surface area contributed by atoms with Crippen LogP contribution in [0.3, 0.4) is 0 Å². The van der Waals surface area contributed by atoms with Gasteiger partial charge < -0.3 is 20.5 Å². The Morgan fingerprint density at radius 3 is 2.65 bits per heavy atom. The topological polar surface area (TPSA) is 87.7 Å². The van der Waals surface area contributed by atoms with E-state index in [9.17, 15) is 14.7 Å². The van der Waals surface area contributed by atoms with Crippen LogP contribution in [0.2, 0.25) is 0 Å². The predicted octanol–water partition coefficient (Wildman–Crippen LogP) is -0.831. The second-order valence-electron chi connectivity index (χ2n) is 4.21. The van der Waals surface area contributed by atoms with Gasteiger partial charge in [0.05, 0.1) is 20.2 Å². The fourth-order valence-electron chi connectivity index (χ4n) is 1.86. The van der Waals surface area contributed by atoms with Crippen molar-refractivity contribution in [2.45, 2.75) is 37.8 Å². The van der Waals surface area contributed by atoms with Crippen LogP contribution in [0.4, 0.5) is 0 Å². The summed E-state index contributed by atoms with van der Waals surface area (Å²) in [6.07, 6.45) is 3.34. The van der Waals surface area contributed by atoms with E-state index < -0.39 is 12.1 Å². The Morgan fingerprint density at radius 1 is 1.41 bits per heavy atom. The molecule has 1 rings (SSSR count). The first-order valence-corrected chi connectivity index (χ1v) is 5.89. The molecule has 0 radical (unpaired) electrons. The number of rotatable bonds is 6. The Hall–Kier alpha value is -1.14. The number of nitrogens with one attached hydrogen (secondary N) is 2.